The van der Waals surface area contributed by atoms with Crippen molar-refractivity contribution in [1.82, 2.24) is 4.98 Å². The number of hydrogen-bond acceptors (Lipinski definition) is 7. The van der Waals surface area contributed by atoms with Crippen LogP contribution in [0.15, 0.2) is 10.5 Å². The van der Waals surface area contributed by atoms with Crippen molar-refractivity contribution in [2.45, 2.75) is 52.7 Å². The van der Waals surface area contributed by atoms with Crippen LogP contribution in [0.25, 0.3) is 0 Å². The normalized spacial score (nSPS) is 12.9. The number of oxime groups is 1. The van der Waals surface area contributed by atoms with Gasteiger partial charge >= 0.3 is 11.9 Å². The average Bonchev–Trinajstić information content (AvgIpc) is 2.73. The molecular formula is C14H20N2O5S. The lowest BCUT2D eigenvalue weighted by molar-refractivity contribution is -0.179. The second-order valence-electron chi connectivity index (χ2n) is 6.10. The minimum absolute atomic E-state index is 0.190. The molecule has 0 amide bonds. The Morgan fingerprint density at radius 2 is 1.86 bits per heavy atom. The van der Waals surface area contributed by atoms with Gasteiger partial charge in [-0.2, -0.15) is 0 Å². The van der Waals surface area contributed by atoms with Gasteiger partial charge in [-0.15, -0.1) is 11.3 Å². The van der Waals surface area contributed by atoms with Gasteiger partial charge in [0.2, 0.25) is 11.3 Å². The first-order chi connectivity index (χ1) is 9.92. The number of rotatable bonds is 5. The Labute approximate surface area is 132 Å². The second kappa shape index (κ2) is 6.43. The molecule has 0 aliphatic rings. The van der Waals surface area contributed by atoms with E-state index in [1.807, 2.05) is 0 Å². The Morgan fingerprint density at radius 3 is 2.27 bits per heavy atom. The molecule has 0 aliphatic heterocycles. The van der Waals surface area contributed by atoms with Crippen molar-refractivity contribution in [1.29, 1.82) is 0 Å². The van der Waals surface area contributed by atoms with Gasteiger partial charge in [0.25, 0.3) is 0 Å². The van der Waals surface area contributed by atoms with Gasteiger partial charge in [0, 0.05) is 5.38 Å². The van der Waals surface area contributed by atoms with Crippen molar-refractivity contribution >= 4 is 29.0 Å². The number of thiazole rings is 1. The fourth-order valence-electron chi connectivity index (χ4n) is 1.27. The first kappa shape index (κ1) is 18.1. The number of carboxylic acid groups (broad SMARTS) is 1. The van der Waals surface area contributed by atoms with E-state index in [0.29, 0.717) is 5.01 Å². The molecule has 0 aromatic carbocycles. The minimum atomic E-state index is -1.42. The molecule has 0 fully saturated rings. The smallest absolute Gasteiger partial charge is 0.360 e. The van der Waals surface area contributed by atoms with E-state index in [4.69, 9.17) is 9.57 Å². The highest BCUT2D eigenvalue weighted by Crippen LogP contribution is 2.18. The standard InChI is InChI=1S/C14H20N2O5S/c1-8-15-9(7-22-8)10(11(17)18)16-21-14(5,6)12(19)20-13(2,3)4/h7H,1-6H3,(H,17,18)/b16-10-. The zero-order valence-electron chi connectivity index (χ0n) is 13.5. The summed E-state index contributed by atoms with van der Waals surface area (Å²) < 4.78 is 5.21. The summed E-state index contributed by atoms with van der Waals surface area (Å²) in [5, 5.41) is 15.1. The van der Waals surface area contributed by atoms with Gasteiger partial charge < -0.3 is 14.7 Å². The number of carboxylic acids is 1. The van der Waals surface area contributed by atoms with E-state index in [1.54, 1.807) is 33.1 Å². The number of aliphatic carboxylic acids is 1. The molecule has 0 saturated carbocycles. The maximum atomic E-state index is 12.0. The van der Waals surface area contributed by atoms with Crippen molar-refractivity contribution in [3.63, 3.8) is 0 Å². The van der Waals surface area contributed by atoms with Gasteiger partial charge in [-0.05, 0) is 41.5 Å². The van der Waals surface area contributed by atoms with Gasteiger partial charge in [-0.1, -0.05) is 5.16 Å². The first-order valence-corrected chi connectivity index (χ1v) is 7.46. The summed E-state index contributed by atoms with van der Waals surface area (Å²) in [6.07, 6.45) is 0. The highest BCUT2D eigenvalue weighted by atomic mass is 32.1. The van der Waals surface area contributed by atoms with Crippen LogP contribution in [0.4, 0.5) is 0 Å². The third-order valence-corrected chi connectivity index (χ3v) is 3.09. The molecule has 22 heavy (non-hydrogen) atoms. The Hall–Kier alpha value is -1.96. The Balaban J connectivity index is 2.94. The minimum Gasteiger partial charge on any atom is -0.476 e. The molecule has 0 saturated heterocycles. The molecule has 7 nitrogen and oxygen atoms in total. The predicted octanol–water partition coefficient (Wildman–Crippen LogP) is 2.38. The number of nitrogens with zero attached hydrogens (tertiary/aromatic N) is 2. The van der Waals surface area contributed by atoms with Crippen molar-refractivity contribution in [2.75, 3.05) is 0 Å². The van der Waals surface area contributed by atoms with Gasteiger partial charge in [0.1, 0.15) is 11.3 Å². The van der Waals surface area contributed by atoms with Crippen LogP contribution in [0.1, 0.15) is 45.3 Å². The summed E-state index contributed by atoms with van der Waals surface area (Å²) in [7, 11) is 0. The fourth-order valence-corrected chi connectivity index (χ4v) is 1.86. The van der Waals surface area contributed by atoms with Crippen LogP contribution in [0.2, 0.25) is 0 Å². The maximum Gasteiger partial charge on any atom is 0.360 e. The van der Waals surface area contributed by atoms with Gasteiger partial charge in [0.05, 0.1) is 5.01 Å². The van der Waals surface area contributed by atoms with E-state index < -0.39 is 23.1 Å². The van der Waals surface area contributed by atoms with Gasteiger partial charge in [-0.3, -0.25) is 0 Å². The fraction of sp³-hybridized carbons (Fsp3) is 0.571. The third kappa shape index (κ3) is 5.10. The number of aryl methyl sites for hydroxylation is 1. The molecule has 0 radical (unpaired) electrons. The molecule has 0 unspecified atom stereocenters. The van der Waals surface area contributed by atoms with E-state index in [1.165, 1.54) is 25.2 Å². The summed E-state index contributed by atoms with van der Waals surface area (Å²) in [6.45, 7) is 9.84. The quantitative estimate of drug-likeness (QED) is 0.506. The van der Waals surface area contributed by atoms with E-state index in [9.17, 15) is 14.7 Å². The van der Waals surface area contributed by atoms with Gasteiger partial charge in [0.15, 0.2) is 0 Å². The monoisotopic (exact) mass is 328 g/mol. The van der Waals surface area contributed by atoms with E-state index >= 15 is 0 Å². The van der Waals surface area contributed by atoms with Crippen LogP contribution < -0.4 is 0 Å². The second-order valence-corrected chi connectivity index (χ2v) is 7.16. The number of ether oxygens (including phenoxy) is 1. The number of carbonyl (C=O) groups excluding carboxylic acids is 1. The summed E-state index contributed by atoms with van der Waals surface area (Å²) in [6, 6.07) is 0. The zero-order valence-corrected chi connectivity index (χ0v) is 14.3. The van der Waals surface area contributed by atoms with E-state index in [2.05, 4.69) is 10.1 Å². The van der Waals surface area contributed by atoms with Crippen molar-refractivity contribution in [3.8, 4) is 0 Å². The average molecular weight is 328 g/mol. The van der Waals surface area contributed by atoms with Crippen LogP contribution in [0, 0.1) is 6.92 Å². The van der Waals surface area contributed by atoms with Crippen molar-refractivity contribution < 1.29 is 24.3 Å². The number of carbonyl (C=O) groups is 2. The molecule has 1 heterocycles. The highest BCUT2D eigenvalue weighted by Gasteiger charge is 2.35. The third-order valence-electron chi connectivity index (χ3n) is 2.32. The Kier molecular flexibility index (Phi) is 5.29. The lowest BCUT2D eigenvalue weighted by Gasteiger charge is -2.26. The lowest BCUT2D eigenvalue weighted by atomic mass is 10.1. The zero-order chi connectivity index (χ0) is 17.1. The molecule has 1 rings (SSSR count). The topological polar surface area (TPSA) is 98.1 Å². The first-order valence-electron chi connectivity index (χ1n) is 6.58. The molecule has 0 bridgehead atoms. The molecule has 0 aliphatic carbocycles. The highest BCUT2D eigenvalue weighted by molar-refractivity contribution is 7.09. The SMILES string of the molecule is Cc1nc(/C(=N/OC(C)(C)C(=O)OC(C)(C)C)C(=O)O)cs1. The molecule has 1 aromatic heterocycles. The van der Waals surface area contributed by atoms with Crippen LogP contribution >= 0.6 is 11.3 Å². The van der Waals surface area contributed by atoms with Crippen LogP contribution in [-0.2, 0) is 19.2 Å². The van der Waals surface area contributed by atoms with Crippen LogP contribution in [0.3, 0.4) is 0 Å². The molecular weight excluding hydrogens is 308 g/mol. The predicted molar refractivity (Wildman–Crippen MR) is 82.0 cm³/mol. The molecule has 8 heteroatoms. The van der Waals surface area contributed by atoms with Crippen LogP contribution in [0.5, 0.6) is 0 Å². The largest absolute Gasteiger partial charge is 0.476 e. The molecule has 1 aromatic rings. The number of aromatic nitrogens is 1. The van der Waals surface area contributed by atoms with E-state index in [0.717, 1.165) is 0 Å². The van der Waals surface area contributed by atoms with Crippen LogP contribution in [-0.4, -0.2) is 38.9 Å². The number of hydrogen-bond donors (Lipinski definition) is 1. The number of esters is 1. The van der Waals surface area contributed by atoms with E-state index in [-0.39, 0.29) is 11.4 Å². The summed E-state index contributed by atoms with van der Waals surface area (Å²) in [5.41, 5.74) is -2.27. The van der Waals surface area contributed by atoms with Gasteiger partial charge in [-0.25, -0.2) is 14.6 Å². The molecule has 0 spiro atoms. The van der Waals surface area contributed by atoms with Crippen molar-refractivity contribution in [2.24, 2.45) is 5.16 Å². The molecule has 1 N–H and O–H groups in total. The summed E-state index contributed by atoms with van der Waals surface area (Å²) >= 11 is 1.30. The summed E-state index contributed by atoms with van der Waals surface area (Å²) in [4.78, 5) is 32.5. The Bertz CT molecular complexity index is 599. The van der Waals surface area contributed by atoms with Crippen molar-refractivity contribution in [3.05, 3.63) is 16.1 Å². The Morgan fingerprint density at radius 1 is 1.27 bits per heavy atom. The lowest BCUT2D eigenvalue weighted by Crippen LogP contribution is -2.40. The summed E-state index contributed by atoms with van der Waals surface area (Å²) in [5.74, 6) is -1.92. The maximum absolute atomic E-state index is 12.0. The molecule has 0 atom stereocenters. The molecule has 122 valence electrons.